The summed E-state index contributed by atoms with van der Waals surface area (Å²) in [5.74, 6) is -0.842. The van der Waals surface area contributed by atoms with Crippen LogP contribution in [0.3, 0.4) is 0 Å². The summed E-state index contributed by atoms with van der Waals surface area (Å²) in [4.78, 5) is 10.5. The molecule has 0 heterocycles. The predicted octanol–water partition coefficient (Wildman–Crippen LogP) is -0.265. The van der Waals surface area contributed by atoms with Crippen molar-refractivity contribution in [2.75, 3.05) is 12.4 Å². The summed E-state index contributed by atoms with van der Waals surface area (Å²) in [6, 6.07) is 0. The van der Waals surface area contributed by atoms with Gasteiger partial charge in [0.2, 0.25) is 0 Å². The van der Waals surface area contributed by atoms with Gasteiger partial charge in [0.05, 0.1) is 12.4 Å². The minimum absolute atomic E-state index is 0. The van der Waals surface area contributed by atoms with E-state index in [0.29, 0.717) is 6.42 Å². The molecular weight excluding hydrogens is 203 g/mol. The van der Waals surface area contributed by atoms with E-state index in [1.165, 1.54) is 0 Å². The molecule has 78 valence electrons. The van der Waals surface area contributed by atoms with Gasteiger partial charge in [-0.2, -0.15) is 8.42 Å². The van der Waals surface area contributed by atoms with Crippen LogP contribution >= 0.6 is 0 Å². The molecule has 0 saturated heterocycles. The first-order valence-corrected chi connectivity index (χ1v) is 5.31. The first kappa shape index (κ1) is 16.2. The van der Waals surface area contributed by atoms with E-state index in [-0.39, 0.29) is 37.6 Å². The molecule has 0 radical (unpaired) electrons. The van der Waals surface area contributed by atoms with Crippen molar-refractivity contribution in [3.8, 4) is 0 Å². The SMILES string of the molecule is C=CC(=O)OCCCCS(=O)(=O)O.[LiH]. The third-order valence-corrected chi connectivity index (χ3v) is 2.01. The number of hydrogen-bond acceptors (Lipinski definition) is 4. The van der Waals surface area contributed by atoms with Crippen molar-refractivity contribution in [3.63, 3.8) is 0 Å². The molecule has 0 fully saturated rings. The molecule has 0 aliphatic rings. The number of rotatable bonds is 6. The zero-order valence-corrected chi connectivity index (χ0v) is 7.92. The zero-order chi connectivity index (χ0) is 10.3. The van der Waals surface area contributed by atoms with Crippen molar-refractivity contribution < 1.29 is 22.5 Å². The van der Waals surface area contributed by atoms with Crippen molar-refractivity contribution in [1.29, 1.82) is 0 Å². The number of esters is 1. The Morgan fingerprint density at radius 1 is 1.43 bits per heavy atom. The maximum atomic E-state index is 10.5. The van der Waals surface area contributed by atoms with Crippen LogP contribution in [0.25, 0.3) is 0 Å². The molecule has 0 bridgehead atoms. The molecule has 0 aliphatic heterocycles. The number of hydrogen-bond donors (Lipinski definition) is 1. The predicted molar refractivity (Wildman–Crippen MR) is 54.0 cm³/mol. The van der Waals surface area contributed by atoms with Gasteiger partial charge in [0.25, 0.3) is 10.1 Å². The maximum absolute atomic E-state index is 10.5. The Kier molecular flexibility index (Phi) is 9.30. The molecular formula is C7H13LiO5S. The minimum atomic E-state index is -3.89. The van der Waals surface area contributed by atoms with Gasteiger partial charge >= 0.3 is 24.8 Å². The summed E-state index contributed by atoms with van der Waals surface area (Å²) in [6.45, 7) is 3.33. The molecule has 0 spiro atoms. The van der Waals surface area contributed by atoms with Crippen molar-refractivity contribution in [2.45, 2.75) is 12.8 Å². The van der Waals surface area contributed by atoms with E-state index < -0.39 is 16.1 Å². The Hall–Kier alpha value is -0.283. The van der Waals surface area contributed by atoms with Crippen LogP contribution in [0.5, 0.6) is 0 Å². The van der Waals surface area contributed by atoms with Gasteiger partial charge in [-0.25, -0.2) is 4.79 Å². The molecule has 0 unspecified atom stereocenters. The molecule has 14 heavy (non-hydrogen) atoms. The van der Waals surface area contributed by atoms with Gasteiger partial charge in [0.15, 0.2) is 0 Å². The molecule has 7 heteroatoms. The van der Waals surface area contributed by atoms with Crippen LogP contribution < -0.4 is 0 Å². The molecule has 0 amide bonds. The van der Waals surface area contributed by atoms with Gasteiger partial charge < -0.3 is 4.74 Å². The summed E-state index contributed by atoms with van der Waals surface area (Å²) in [7, 11) is -3.89. The molecule has 0 atom stereocenters. The fraction of sp³-hybridized carbons (Fsp3) is 0.571. The van der Waals surface area contributed by atoms with Crippen molar-refractivity contribution in [3.05, 3.63) is 12.7 Å². The van der Waals surface area contributed by atoms with Gasteiger partial charge in [-0.3, -0.25) is 4.55 Å². The monoisotopic (exact) mass is 216 g/mol. The van der Waals surface area contributed by atoms with Crippen molar-refractivity contribution in [1.82, 2.24) is 0 Å². The zero-order valence-electron chi connectivity index (χ0n) is 7.10. The molecule has 0 aromatic heterocycles. The van der Waals surface area contributed by atoms with E-state index in [1.807, 2.05) is 0 Å². The number of unbranched alkanes of at least 4 members (excludes halogenated alkanes) is 1. The standard InChI is InChI=1S/C7H12O5S.Li.H/c1-2-7(8)12-5-3-4-6-13(9,10)11;;/h2H,1,3-6H2,(H,9,10,11);;. The Labute approximate surface area is 95.4 Å². The van der Waals surface area contributed by atoms with Crippen LogP contribution in [0.2, 0.25) is 0 Å². The molecule has 0 aromatic carbocycles. The Balaban J connectivity index is 0. The van der Waals surface area contributed by atoms with E-state index in [0.717, 1.165) is 6.08 Å². The number of carbonyl (C=O) groups is 1. The van der Waals surface area contributed by atoms with Crippen LogP contribution in [0.4, 0.5) is 0 Å². The van der Waals surface area contributed by atoms with E-state index in [2.05, 4.69) is 11.3 Å². The fourth-order valence-electron chi connectivity index (χ4n) is 0.618. The second-order valence-electron chi connectivity index (χ2n) is 2.36. The van der Waals surface area contributed by atoms with E-state index >= 15 is 0 Å². The van der Waals surface area contributed by atoms with Gasteiger partial charge in [-0.1, -0.05) is 6.58 Å². The molecule has 0 aromatic rings. The molecule has 0 saturated carbocycles. The fourth-order valence-corrected chi connectivity index (χ4v) is 1.19. The molecule has 0 aliphatic carbocycles. The van der Waals surface area contributed by atoms with Gasteiger partial charge in [0.1, 0.15) is 0 Å². The normalized spacial score (nSPS) is 10.1. The van der Waals surface area contributed by atoms with Crippen molar-refractivity contribution >= 4 is 34.9 Å². The summed E-state index contributed by atoms with van der Waals surface area (Å²) in [6.07, 6.45) is 1.70. The quantitative estimate of drug-likeness (QED) is 0.217. The van der Waals surface area contributed by atoms with Crippen LogP contribution in [0.1, 0.15) is 12.8 Å². The average molecular weight is 216 g/mol. The number of carbonyl (C=O) groups excluding carboxylic acids is 1. The Morgan fingerprint density at radius 3 is 2.43 bits per heavy atom. The van der Waals surface area contributed by atoms with E-state index in [1.54, 1.807) is 0 Å². The summed E-state index contributed by atoms with van der Waals surface area (Å²) in [5.41, 5.74) is 0. The molecule has 1 N–H and O–H groups in total. The first-order valence-electron chi connectivity index (χ1n) is 3.70. The average Bonchev–Trinajstić information content (AvgIpc) is 2.01. The van der Waals surface area contributed by atoms with Crippen LogP contribution in [-0.4, -0.2) is 50.2 Å². The molecule has 5 nitrogen and oxygen atoms in total. The topological polar surface area (TPSA) is 80.7 Å². The van der Waals surface area contributed by atoms with Gasteiger partial charge in [-0.05, 0) is 12.8 Å². The second kappa shape index (κ2) is 8.06. The van der Waals surface area contributed by atoms with E-state index in [4.69, 9.17) is 4.55 Å². The van der Waals surface area contributed by atoms with Crippen LogP contribution in [-0.2, 0) is 19.6 Å². The Morgan fingerprint density at radius 2 is 2.00 bits per heavy atom. The summed E-state index contributed by atoms with van der Waals surface area (Å²) >= 11 is 0. The molecule has 0 rings (SSSR count). The summed E-state index contributed by atoms with van der Waals surface area (Å²) in [5, 5.41) is 0. The van der Waals surface area contributed by atoms with Crippen LogP contribution in [0, 0.1) is 0 Å². The van der Waals surface area contributed by atoms with Gasteiger partial charge in [0, 0.05) is 6.08 Å². The van der Waals surface area contributed by atoms with E-state index in [9.17, 15) is 13.2 Å². The third-order valence-electron chi connectivity index (χ3n) is 1.21. The number of ether oxygens (including phenoxy) is 1. The third kappa shape index (κ3) is 11.7. The first-order chi connectivity index (χ1) is 5.95. The van der Waals surface area contributed by atoms with Gasteiger partial charge in [-0.15, -0.1) is 0 Å². The van der Waals surface area contributed by atoms with Crippen molar-refractivity contribution in [2.24, 2.45) is 0 Å². The van der Waals surface area contributed by atoms with Crippen LogP contribution in [0.15, 0.2) is 12.7 Å². The Bertz CT molecular complexity index is 272. The second-order valence-corrected chi connectivity index (χ2v) is 3.94. The summed E-state index contributed by atoms with van der Waals surface area (Å²) < 4.78 is 33.3.